The summed E-state index contributed by atoms with van der Waals surface area (Å²) in [5.74, 6) is 0.793. The van der Waals surface area contributed by atoms with Crippen LogP contribution >= 0.6 is 24.0 Å². The van der Waals surface area contributed by atoms with Gasteiger partial charge in [0.15, 0.2) is 18.1 Å². The first-order valence-electron chi connectivity index (χ1n) is 11.5. The lowest BCUT2D eigenvalue weighted by Crippen LogP contribution is -2.43. The largest absolute Gasteiger partial charge is 0.490 e. The van der Waals surface area contributed by atoms with E-state index in [1.54, 1.807) is 15.9 Å². The summed E-state index contributed by atoms with van der Waals surface area (Å²) >= 11 is 6.82. The maximum atomic E-state index is 13.2. The van der Waals surface area contributed by atoms with E-state index in [2.05, 4.69) is 0 Å². The number of carbonyl (C=O) groups excluding carboxylic acids is 2. The average Bonchev–Trinajstić information content (AvgIpc) is 3.16. The van der Waals surface area contributed by atoms with E-state index in [1.807, 2.05) is 62.4 Å². The molecular formula is C26H28N2O5S2. The molecule has 0 unspecified atom stereocenters. The molecule has 2 aliphatic rings. The van der Waals surface area contributed by atoms with Gasteiger partial charge in [-0.25, -0.2) is 0 Å². The number of nitrogens with zero attached hydrogens (tertiary/aromatic N) is 2. The smallest absolute Gasteiger partial charge is 0.266 e. The predicted molar refractivity (Wildman–Crippen MR) is 140 cm³/mol. The van der Waals surface area contributed by atoms with E-state index in [4.69, 9.17) is 26.4 Å². The number of morpholine rings is 1. The van der Waals surface area contributed by atoms with Crippen molar-refractivity contribution < 1.29 is 23.8 Å². The molecule has 2 heterocycles. The molecule has 0 saturated carbocycles. The van der Waals surface area contributed by atoms with Gasteiger partial charge in [0, 0.05) is 13.1 Å². The predicted octanol–water partition coefficient (Wildman–Crippen LogP) is 4.29. The Morgan fingerprint density at radius 2 is 1.89 bits per heavy atom. The molecule has 2 aliphatic heterocycles. The lowest BCUT2D eigenvalue weighted by molar-refractivity contribution is -0.137. The van der Waals surface area contributed by atoms with Crippen molar-refractivity contribution >= 4 is 46.2 Å². The highest BCUT2D eigenvalue weighted by Gasteiger charge is 2.36. The summed E-state index contributed by atoms with van der Waals surface area (Å²) in [6, 6.07) is 15.1. The van der Waals surface area contributed by atoms with Crippen LogP contribution in [0.3, 0.4) is 0 Å². The van der Waals surface area contributed by atoms with Gasteiger partial charge in [0.2, 0.25) is 0 Å². The lowest BCUT2D eigenvalue weighted by Gasteiger charge is -2.26. The van der Waals surface area contributed by atoms with E-state index in [0.29, 0.717) is 53.6 Å². The molecule has 7 nitrogen and oxygen atoms in total. The molecule has 0 aliphatic carbocycles. The first-order valence-corrected chi connectivity index (χ1v) is 12.8. The number of rotatable bonds is 8. The lowest BCUT2D eigenvalue weighted by atomic mass is 10.1. The molecular weight excluding hydrogens is 484 g/mol. The topological polar surface area (TPSA) is 68.3 Å². The standard InChI is InChI=1S/C26H28N2O5S2/c1-3-32-22-15-19(9-10-21(22)33-17-24(29)27-11-13-31-14-12-27)16-23-25(30)28(26(34)35-23)18(2)20-7-5-4-6-8-20/h4-10,15-16,18H,3,11-14,17H2,1-2H3/b23-16-/t18-/m0/s1. The van der Waals surface area contributed by atoms with Crippen LogP contribution in [-0.2, 0) is 14.3 Å². The van der Waals surface area contributed by atoms with Gasteiger partial charge < -0.3 is 19.1 Å². The zero-order valence-electron chi connectivity index (χ0n) is 19.8. The average molecular weight is 513 g/mol. The fourth-order valence-electron chi connectivity index (χ4n) is 3.89. The van der Waals surface area contributed by atoms with Crippen LogP contribution in [0.15, 0.2) is 53.4 Å². The molecule has 2 amide bonds. The van der Waals surface area contributed by atoms with Gasteiger partial charge in [-0.05, 0) is 43.2 Å². The van der Waals surface area contributed by atoms with Gasteiger partial charge in [0.1, 0.15) is 4.32 Å². The van der Waals surface area contributed by atoms with Crippen LogP contribution in [0, 0.1) is 0 Å². The molecule has 4 rings (SSSR count). The molecule has 0 aromatic heterocycles. The van der Waals surface area contributed by atoms with Crippen LogP contribution in [0.25, 0.3) is 6.08 Å². The van der Waals surface area contributed by atoms with Gasteiger partial charge in [-0.1, -0.05) is 60.4 Å². The van der Waals surface area contributed by atoms with E-state index in [-0.39, 0.29) is 24.5 Å². The van der Waals surface area contributed by atoms with Gasteiger partial charge in [0.25, 0.3) is 11.8 Å². The number of benzene rings is 2. The van der Waals surface area contributed by atoms with Gasteiger partial charge in [-0.2, -0.15) is 0 Å². The van der Waals surface area contributed by atoms with Crippen LogP contribution in [-0.4, -0.2) is 65.5 Å². The van der Waals surface area contributed by atoms with Crippen molar-refractivity contribution in [2.75, 3.05) is 39.5 Å². The van der Waals surface area contributed by atoms with Gasteiger partial charge >= 0.3 is 0 Å². The van der Waals surface area contributed by atoms with Crippen molar-refractivity contribution in [3.8, 4) is 11.5 Å². The molecule has 0 bridgehead atoms. The van der Waals surface area contributed by atoms with Gasteiger partial charge in [0.05, 0.1) is 30.8 Å². The number of carbonyl (C=O) groups is 2. The van der Waals surface area contributed by atoms with Gasteiger partial charge in [-0.15, -0.1) is 0 Å². The first kappa shape index (κ1) is 25.2. The highest BCUT2D eigenvalue weighted by atomic mass is 32.2. The van der Waals surface area contributed by atoms with Crippen LogP contribution in [0.5, 0.6) is 11.5 Å². The summed E-state index contributed by atoms with van der Waals surface area (Å²) in [4.78, 5) is 29.6. The molecule has 2 aromatic carbocycles. The van der Waals surface area contributed by atoms with Crippen molar-refractivity contribution in [1.82, 2.24) is 9.80 Å². The number of ether oxygens (including phenoxy) is 3. The molecule has 35 heavy (non-hydrogen) atoms. The Morgan fingerprint density at radius 3 is 2.60 bits per heavy atom. The number of thioether (sulfide) groups is 1. The van der Waals surface area contributed by atoms with Gasteiger partial charge in [-0.3, -0.25) is 14.5 Å². The van der Waals surface area contributed by atoms with Crippen LogP contribution in [0.4, 0.5) is 0 Å². The molecule has 2 fully saturated rings. The fraction of sp³-hybridized carbons (Fsp3) is 0.346. The molecule has 0 spiro atoms. The molecule has 0 N–H and O–H groups in total. The summed E-state index contributed by atoms with van der Waals surface area (Å²) in [5, 5.41) is 0. The fourth-order valence-corrected chi connectivity index (χ4v) is 5.31. The molecule has 0 radical (unpaired) electrons. The van der Waals surface area contributed by atoms with Crippen molar-refractivity contribution in [3.63, 3.8) is 0 Å². The molecule has 2 saturated heterocycles. The Morgan fingerprint density at radius 1 is 1.14 bits per heavy atom. The Labute approximate surface area is 215 Å². The minimum atomic E-state index is -0.159. The minimum Gasteiger partial charge on any atom is -0.490 e. The van der Waals surface area contributed by atoms with E-state index in [1.165, 1.54) is 11.8 Å². The monoisotopic (exact) mass is 512 g/mol. The quantitative estimate of drug-likeness (QED) is 0.386. The maximum absolute atomic E-state index is 13.2. The third kappa shape index (κ3) is 6.04. The second-order valence-corrected chi connectivity index (χ2v) is 9.74. The second-order valence-electron chi connectivity index (χ2n) is 8.06. The summed E-state index contributed by atoms with van der Waals surface area (Å²) in [6.07, 6.45) is 1.81. The molecule has 9 heteroatoms. The van der Waals surface area contributed by atoms with Crippen LogP contribution in [0.1, 0.15) is 31.0 Å². The highest BCUT2D eigenvalue weighted by molar-refractivity contribution is 8.26. The van der Waals surface area contributed by atoms with Crippen molar-refractivity contribution in [2.24, 2.45) is 0 Å². The highest BCUT2D eigenvalue weighted by Crippen LogP contribution is 2.39. The Kier molecular flexibility index (Phi) is 8.43. The van der Waals surface area contributed by atoms with E-state index in [0.717, 1.165) is 11.1 Å². The number of hydrogen-bond donors (Lipinski definition) is 0. The summed E-state index contributed by atoms with van der Waals surface area (Å²) in [6.45, 7) is 6.44. The minimum absolute atomic E-state index is 0.0740. The molecule has 184 valence electrons. The number of hydrogen-bond acceptors (Lipinski definition) is 7. The Balaban J connectivity index is 1.48. The zero-order chi connectivity index (χ0) is 24.8. The Hall–Kier alpha value is -2.88. The summed E-state index contributed by atoms with van der Waals surface area (Å²) in [5.41, 5.74) is 1.81. The van der Waals surface area contributed by atoms with Crippen LogP contribution in [0.2, 0.25) is 0 Å². The van der Waals surface area contributed by atoms with Crippen LogP contribution < -0.4 is 9.47 Å². The molecule has 1 atom stereocenters. The number of thiocarbonyl (C=S) groups is 1. The summed E-state index contributed by atoms with van der Waals surface area (Å²) < 4.78 is 17.4. The second kappa shape index (κ2) is 11.7. The number of amides is 2. The summed E-state index contributed by atoms with van der Waals surface area (Å²) in [7, 11) is 0. The normalized spacial score (nSPS) is 18.2. The Bertz CT molecular complexity index is 1120. The third-order valence-electron chi connectivity index (χ3n) is 5.77. The van der Waals surface area contributed by atoms with Crippen molar-refractivity contribution in [1.29, 1.82) is 0 Å². The van der Waals surface area contributed by atoms with E-state index < -0.39 is 0 Å². The maximum Gasteiger partial charge on any atom is 0.266 e. The zero-order valence-corrected chi connectivity index (χ0v) is 21.4. The van der Waals surface area contributed by atoms with Crippen molar-refractivity contribution in [2.45, 2.75) is 19.9 Å². The van der Waals surface area contributed by atoms with E-state index in [9.17, 15) is 9.59 Å². The van der Waals surface area contributed by atoms with E-state index >= 15 is 0 Å². The first-order chi connectivity index (χ1) is 17.0. The molecule has 2 aromatic rings. The third-order valence-corrected chi connectivity index (χ3v) is 7.10. The SMILES string of the molecule is CCOc1cc(/C=C2\SC(=S)N([C@@H](C)c3ccccc3)C2=O)ccc1OCC(=O)N1CCOCC1. The van der Waals surface area contributed by atoms with Crippen molar-refractivity contribution in [3.05, 3.63) is 64.6 Å².